The van der Waals surface area contributed by atoms with Gasteiger partial charge < -0.3 is 9.73 Å². The summed E-state index contributed by atoms with van der Waals surface area (Å²) in [6.45, 7) is 1.38. The van der Waals surface area contributed by atoms with Gasteiger partial charge in [-0.3, -0.25) is 0 Å². The van der Waals surface area contributed by atoms with E-state index in [2.05, 4.69) is 15.4 Å². The SMILES string of the molecule is CNCc1ccc(Cn2cncn2)o1. The lowest BCUT2D eigenvalue weighted by Crippen LogP contribution is -2.03. The van der Waals surface area contributed by atoms with E-state index in [0.29, 0.717) is 6.54 Å². The molecule has 0 unspecified atom stereocenters. The maximum Gasteiger partial charge on any atom is 0.137 e. The fourth-order valence-corrected chi connectivity index (χ4v) is 1.25. The molecule has 2 aromatic heterocycles. The van der Waals surface area contributed by atoms with Gasteiger partial charge in [-0.2, -0.15) is 5.10 Å². The Kier molecular flexibility index (Phi) is 2.60. The highest BCUT2D eigenvalue weighted by atomic mass is 16.3. The van der Waals surface area contributed by atoms with Crippen LogP contribution < -0.4 is 5.32 Å². The van der Waals surface area contributed by atoms with E-state index in [0.717, 1.165) is 18.1 Å². The second-order valence-electron chi connectivity index (χ2n) is 2.99. The van der Waals surface area contributed by atoms with Gasteiger partial charge >= 0.3 is 0 Å². The number of aromatic nitrogens is 3. The largest absolute Gasteiger partial charge is 0.463 e. The second kappa shape index (κ2) is 4.06. The average Bonchev–Trinajstić information content (AvgIpc) is 2.79. The van der Waals surface area contributed by atoms with E-state index in [-0.39, 0.29) is 0 Å². The van der Waals surface area contributed by atoms with Gasteiger partial charge in [0.05, 0.1) is 6.54 Å². The smallest absolute Gasteiger partial charge is 0.137 e. The third kappa shape index (κ3) is 2.00. The Morgan fingerprint density at radius 1 is 1.43 bits per heavy atom. The van der Waals surface area contributed by atoms with Crippen LogP contribution in [-0.4, -0.2) is 21.8 Å². The Hall–Kier alpha value is -1.62. The van der Waals surface area contributed by atoms with Gasteiger partial charge in [-0.05, 0) is 19.2 Å². The summed E-state index contributed by atoms with van der Waals surface area (Å²) in [7, 11) is 1.89. The minimum Gasteiger partial charge on any atom is -0.463 e. The lowest BCUT2D eigenvalue weighted by atomic mass is 10.4. The summed E-state index contributed by atoms with van der Waals surface area (Å²) in [5.41, 5.74) is 0. The van der Waals surface area contributed by atoms with E-state index in [9.17, 15) is 0 Å². The molecule has 0 bridgehead atoms. The van der Waals surface area contributed by atoms with Crippen molar-refractivity contribution in [2.45, 2.75) is 13.1 Å². The van der Waals surface area contributed by atoms with Crippen molar-refractivity contribution in [2.75, 3.05) is 7.05 Å². The molecular weight excluding hydrogens is 180 g/mol. The van der Waals surface area contributed by atoms with Crippen LogP contribution in [0.5, 0.6) is 0 Å². The Bertz CT molecular complexity index is 379. The molecule has 2 heterocycles. The summed E-state index contributed by atoms with van der Waals surface area (Å²) >= 11 is 0. The first-order valence-corrected chi connectivity index (χ1v) is 4.43. The summed E-state index contributed by atoms with van der Waals surface area (Å²) in [4.78, 5) is 3.86. The van der Waals surface area contributed by atoms with Gasteiger partial charge in [0.2, 0.25) is 0 Å². The van der Waals surface area contributed by atoms with Gasteiger partial charge in [-0.1, -0.05) is 0 Å². The summed E-state index contributed by atoms with van der Waals surface area (Å²) in [6, 6.07) is 3.91. The van der Waals surface area contributed by atoms with Crippen LogP contribution in [0.25, 0.3) is 0 Å². The highest BCUT2D eigenvalue weighted by Gasteiger charge is 2.01. The van der Waals surface area contributed by atoms with Crippen LogP contribution in [0.2, 0.25) is 0 Å². The minimum atomic E-state index is 0.629. The summed E-state index contributed by atoms with van der Waals surface area (Å²) in [5, 5.41) is 7.02. The molecule has 0 aliphatic heterocycles. The molecule has 0 spiro atoms. The first kappa shape index (κ1) is 8.96. The van der Waals surface area contributed by atoms with E-state index in [4.69, 9.17) is 4.42 Å². The lowest BCUT2D eigenvalue weighted by Gasteiger charge is -1.96. The number of rotatable bonds is 4. The predicted molar refractivity (Wildman–Crippen MR) is 50.6 cm³/mol. The van der Waals surface area contributed by atoms with E-state index in [1.54, 1.807) is 11.0 Å². The molecule has 0 aliphatic carbocycles. The van der Waals surface area contributed by atoms with Crippen LogP contribution in [-0.2, 0) is 13.1 Å². The van der Waals surface area contributed by atoms with Gasteiger partial charge in [0, 0.05) is 0 Å². The van der Waals surface area contributed by atoms with Crippen molar-refractivity contribution >= 4 is 0 Å². The molecule has 0 fully saturated rings. The second-order valence-corrected chi connectivity index (χ2v) is 2.99. The maximum atomic E-state index is 5.55. The monoisotopic (exact) mass is 192 g/mol. The van der Waals surface area contributed by atoms with E-state index < -0.39 is 0 Å². The van der Waals surface area contributed by atoms with Crippen molar-refractivity contribution in [1.82, 2.24) is 20.1 Å². The zero-order chi connectivity index (χ0) is 9.80. The molecular formula is C9H12N4O. The normalized spacial score (nSPS) is 10.6. The molecule has 2 rings (SSSR count). The van der Waals surface area contributed by atoms with Crippen LogP contribution in [0, 0.1) is 0 Å². The molecule has 0 radical (unpaired) electrons. The molecule has 14 heavy (non-hydrogen) atoms. The van der Waals surface area contributed by atoms with Crippen LogP contribution in [0.3, 0.4) is 0 Å². The maximum absolute atomic E-state index is 5.55. The van der Waals surface area contributed by atoms with Crippen molar-refractivity contribution in [3.05, 3.63) is 36.3 Å². The van der Waals surface area contributed by atoms with Gasteiger partial charge in [0.25, 0.3) is 0 Å². The molecule has 5 heteroatoms. The van der Waals surface area contributed by atoms with Crippen molar-refractivity contribution in [1.29, 1.82) is 0 Å². The fourth-order valence-electron chi connectivity index (χ4n) is 1.25. The first-order valence-electron chi connectivity index (χ1n) is 4.43. The van der Waals surface area contributed by atoms with Crippen LogP contribution in [0.15, 0.2) is 29.2 Å². The van der Waals surface area contributed by atoms with Crippen molar-refractivity contribution in [3.8, 4) is 0 Å². The van der Waals surface area contributed by atoms with Crippen LogP contribution in [0.4, 0.5) is 0 Å². The van der Waals surface area contributed by atoms with E-state index >= 15 is 0 Å². The van der Waals surface area contributed by atoms with Gasteiger partial charge in [-0.15, -0.1) is 0 Å². The fraction of sp³-hybridized carbons (Fsp3) is 0.333. The Morgan fingerprint density at radius 2 is 2.29 bits per heavy atom. The summed E-state index contributed by atoms with van der Waals surface area (Å²) in [6.07, 6.45) is 3.18. The van der Waals surface area contributed by atoms with Crippen molar-refractivity contribution in [2.24, 2.45) is 0 Å². The molecule has 0 saturated carbocycles. The summed E-state index contributed by atoms with van der Waals surface area (Å²) < 4.78 is 7.27. The van der Waals surface area contributed by atoms with Gasteiger partial charge in [0.15, 0.2) is 0 Å². The molecule has 0 atom stereocenters. The van der Waals surface area contributed by atoms with E-state index in [1.807, 2.05) is 19.2 Å². The number of nitrogens with zero attached hydrogens (tertiary/aromatic N) is 3. The zero-order valence-corrected chi connectivity index (χ0v) is 7.97. The number of hydrogen-bond acceptors (Lipinski definition) is 4. The molecule has 0 aliphatic rings. The topological polar surface area (TPSA) is 55.9 Å². The number of furan rings is 1. The predicted octanol–water partition coefficient (Wildman–Crippen LogP) is 0.639. The average molecular weight is 192 g/mol. The summed E-state index contributed by atoms with van der Waals surface area (Å²) in [5.74, 6) is 1.82. The minimum absolute atomic E-state index is 0.629. The number of hydrogen-bond donors (Lipinski definition) is 1. The Morgan fingerprint density at radius 3 is 3.00 bits per heavy atom. The van der Waals surface area contributed by atoms with Gasteiger partial charge in [0.1, 0.15) is 30.7 Å². The molecule has 74 valence electrons. The van der Waals surface area contributed by atoms with Crippen molar-refractivity contribution < 1.29 is 4.42 Å². The first-order chi connectivity index (χ1) is 6.88. The van der Waals surface area contributed by atoms with Gasteiger partial charge in [-0.25, -0.2) is 9.67 Å². The number of nitrogens with one attached hydrogen (secondary N) is 1. The third-order valence-electron chi connectivity index (χ3n) is 1.85. The lowest BCUT2D eigenvalue weighted by molar-refractivity contribution is 0.436. The van der Waals surface area contributed by atoms with Crippen LogP contribution in [0.1, 0.15) is 11.5 Å². The Labute approximate surface area is 81.8 Å². The molecule has 5 nitrogen and oxygen atoms in total. The third-order valence-corrected chi connectivity index (χ3v) is 1.85. The highest BCUT2D eigenvalue weighted by Crippen LogP contribution is 2.08. The Balaban J connectivity index is 2.03. The molecule has 2 aromatic rings. The van der Waals surface area contributed by atoms with Crippen molar-refractivity contribution in [3.63, 3.8) is 0 Å². The molecule has 0 amide bonds. The highest BCUT2D eigenvalue weighted by molar-refractivity contribution is 5.07. The zero-order valence-electron chi connectivity index (χ0n) is 7.97. The molecule has 0 saturated heterocycles. The molecule has 0 aromatic carbocycles. The van der Waals surface area contributed by atoms with Crippen LogP contribution >= 0.6 is 0 Å². The quantitative estimate of drug-likeness (QED) is 0.772. The molecule has 1 N–H and O–H groups in total. The van der Waals surface area contributed by atoms with E-state index in [1.165, 1.54) is 6.33 Å². The standard InChI is InChI=1S/C9H12N4O/c1-10-4-8-2-3-9(14-8)5-13-7-11-6-12-13/h2-3,6-7,10H,4-5H2,1H3.